The number of nitrogens with zero attached hydrogens (tertiary/aromatic N) is 1. The summed E-state index contributed by atoms with van der Waals surface area (Å²) in [5.74, 6) is -0.527. The number of halogens is 3. The number of nitrogens with one attached hydrogen (secondary N) is 1. The van der Waals surface area contributed by atoms with Crippen molar-refractivity contribution < 1.29 is 22.7 Å². The van der Waals surface area contributed by atoms with Crippen molar-refractivity contribution in [1.82, 2.24) is 10.2 Å². The van der Waals surface area contributed by atoms with Gasteiger partial charge in [0.25, 0.3) is 0 Å². The lowest BCUT2D eigenvalue weighted by atomic mass is 10.2. The average molecular weight is 240 g/mol. The molecule has 0 aromatic heterocycles. The van der Waals surface area contributed by atoms with Crippen molar-refractivity contribution in [2.24, 2.45) is 0 Å². The van der Waals surface area contributed by atoms with E-state index in [0.29, 0.717) is 24.7 Å². The summed E-state index contributed by atoms with van der Waals surface area (Å²) in [6.45, 7) is 0.356. The predicted molar refractivity (Wildman–Crippen MR) is 50.9 cm³/mol. The topological polar surface area (TPSA) is 41.6 Å². The summed E-state index contributed by atoms with van der Waals surface area (Å²) < 4.78 is 41.1. The number of ether oxygens (including phenoxy) is 1. The molecule has 7 heteroatoms. The summed E-state index contributed by atoms with van der Waals surface area (Å²) in [5.41, 5.74) is 0. The second kappa shape index (κ2) is 5.49. The monoisotopic (exact) mass is 240 g/mol. The number of alkyl halides is 3. The van der Waals surface area contributed by atoms with Crippen LogP contribution >= 0.6 is 0 Å². The molecule has 1 atom stereocenters. The molecule has 0 aromatic carbocycles. The van der Waals surface area contributed by atoms with E-state index >= 15 is 0 Å². The van der Waals surface area contributed by atoms with Crippen molar-refractivity contribution in [2.45, 2.75) is 18.6 Å². The average Bonchev–Trinajstić information content (AvgIpc) is 2.16. The highest BCUT2D eigenvalue weighted by Crippen LogP contribution is 2.16. The summed E-state index contributed by atoms with van der Waals surface area (Å²) >= 11 is 0. The third kappa shape index (κ3) is 4.80. The molecule has 1 heterocycles. The maximum atomic E-state index is 12.0. The Hall–Kier alpha value is -0.820. The minimum atomic E-state index is -4.35. The molecule has 1 aliphatic heterocycles. The first-order chi connectivity index (χ1) is 7.38. The van der Waals surface area contributed by atoms with Crippen molar-refractivity contribution in [2.75, 3.05) is 33.4 Å². The number of morpholine rings is 1. The van der Waals surface area contributed by atoms with Crippen LogP contribution in [0.4, 0.5) is 13.2 Å². The summed E-state index contributed by atoms with van der Waals surface area (Å²) in [5, 5.41) is 3.01. The molecule has 1 saturated heterocycles. The Labute approximate surface area is 91.7 Å². The smallest absolute Gasteiger partial charge is 0.378 e. The molecule has 0 bridgehead atoms. The van der Waals surface area contributed by atoms with Crippen LogP contribution < -0.4 is 5.32 Å². The van der Waals surface area contributed by atoms with E-state index < -0.39 is 18.6 Å². The van der Waals surface area contributed by atoms with Gasteiger partial charge in [-0.15, -0.1) is 0 Å². The Balaban J connectivity index is 2.33. The lowest BCUT2D eigenvalue weighted by molar-refractivity contribution is -0.159. The Morgan fingerprint density at radius 2 is 2.25 bits per heavy atom. The van der Waals surface area contributed by atoms with Gasteiger partial charge < -0.3 is 15.0 Å². The number of rotatable bonds is 3. The second-order valence-electron chi connectivity index (χ2n) is 3.80. The van der Waals surface area contributed by atoms with Gasteiger partial charge in [-0.1, -0.05) is 0 Å². The highest BCUT2D eigenvalue weighted by atomic mass is 19.4. The lowest BCUT2D eigenvalue weighted by Crippen LogP contribution is -2.45. The number of carbonyl (C=O) groups is 1. The Bertz CT molecular complexity index is 239. The van der Waals surface area contributed by atoms with E-state index in [1.54, 1.807) is 0 Å². The van der Waals surface area contributed by atoms with E-state index in [4.69, 9.17) is 4.74 Å². The molecular formula is C9H15F3N2O2. The molecule has 4 nitrogen and oxygen atoms in total. The van der Waals surface area contributed by atoms with Gasteiger partial charge in [0, 0.05) is 26.1 Å². The van der Waals surface area contributed by atoms with Crippen molar-refractivity contribution in [3.63, 3.8) is 0 Å². The van der Waals surface area contributed by atoms with E-state index in [0.717, 1.165) is 7.05 Å². The maximum absolute atomic E-state index is 12.0. The van der Waals surface area contributed by atoms with Gasteiger partial charge in [0.2, 0.25) is 5.91 Å². The van der Waals surface area contributed by atoms with Gasteiger partial charge in [-0.3, -0.25) is 4.79 Å². The molecule has 1 unspecified atom stereocenters. The zero-order valence-corrected chi connectivity index (χ0v) is 9.01. The van der Waals surface area contributed by atoms with E-state index in [-0.39, 0.29) is 12.5 Å². The molecule has 1 fully saturated rings. The zero-order chi connectivity index (χ0) is 12.2. The van der Waals surface area contributed by atoms with Crippen molar-refractivity contribution in [3.05, 3.63) is 0 Å². The van der Waals surface area contributed by atoms with Gasteiger partial charge in [0.15, 0.2) is 0 Å². The van der Waals surface area contributed by atoms with Gasteiger partial charge >= 0.3 is 6.18 Å². The van der Waals surface area contributed by atoms with Crippen LogP contribution in [0, 0.1) is 0 Å². The largest absolute Gasteiger partial charge is 0.406 e. The first-order valence-electron chi connectivity index (χ1n) is 5.00. The normalized spacial score (nSPS) is 21.9. The van der Waals surface area contributed by atoms with Gasteiger partial charge in [-0.2, -0.15) is 13.2 Å². The third-order valence-corrected chi connectivity index (χ3v) is 2.26. The quantitative estimate of drug-likeness (QED) is 0.775. The standard InChI is InChI=1S/C9H15F3N2O2/c1-14(6-9(10,11)12)8(15)4-7-5-16-3-2-13-7/h7,13H,2-6H2,1H3. The van der Waals surface area contributed by atoms with Crippen molar-refractivity contribution in [1.29, 1.82) is 0 Å². The minimum Gasteiger partial charge on any atom is -0.378 e. The molecule has 0 saturated carbocycles. The molecular weight excluding hydrogens is 225 g/mol. The van der Waals surface area contributed by atoms with Crippen LogP contribution in [0.2, 0.25) is 0 Å². The zero-order valence-electron chi connectivity index (χ0n) is 9.01. The highest BCUT2D eigenvalue weighted by Gasteiger charge is 2.31. The van der Waals surface area contributed by atoms with Gasteiger partial charge in [0.05, 0.1) is 13.2 Å². The summed E-state index contributed by atoms with van der Waals surface area (Å²) in [6.07, 6.45) is -4.31. The Morgan fingerprint density at radius 1 is 1.56 bits per heavy atom. The van der Waals surface area contributed by atoms with Crippen LogP contribution in [0.25, 0.3) is 0 Å². The summed E-state index contributed by atoms with van der Waals surface area (Å²) in [4.78, 5) is 12.1. The third-order valence-electron chi connectivity index (χ3n) is 2.26. The fourth-order valence-electron chi connectivity index (χ4n) is 1.47. The number of amides is 1. The number of carbonyl (C=O) groups excluding carboxylic acids is 1. The number of hydrogen-bond acceptors (Lipinski definition) is 3. The molecule has 1 aliphatic rings. The Kier molecular flexibility index (Phi) is 4.55. The van der Waals surface area contributed by atoms with Crippen LogP contribution in [0.3, 0.4) is 0 Å². The SMILES string of the molecule is CN(CC(F)(F)F)C(=O)CC1COCCN1. The molecule has 16 heavy (non-hydrogen) atoms. The van der Waals surface area contributed by atoms with Crippen LogP contribution in [0.5, 0.6) is 0 Å². The second-order valence-corrected chi connectivity index (χ2v) is 3.80. The summed E-state index contributed by atoms with van der Waals surface area (Å²) in [7, 11) is 1.15. The van der Waals surface area contributed by atoms with Crippen LogP contribution in [0.15, 0.2) is 0 Å². The molecule has 0 radical (unpaired) electrons. The molecule has 0 aliphatic carbocycles. The number of hydrogen-bond donors (Lipinski definition) is 1. The molecule has 0 aromatic rings. The summed E-state index contributed by atoms with van der Waals surface area (Å²) in [6, 6.07) is -0.183. The first-order valence-corrected chi connectivity index (χ1v) is 5.00. The fraction of sp³-hybridized carbons (Fsp3) is 0.889. The van der Waals surface area contributed by atoms with Gasteiger partial charge in [-0.25, -0.2) is 0 Å². The molecule has 94 valence electrons. The van der Waals surface area contributed by atoms with Gasteiger partial charge in [0.1, 0.15) is 6.54 Å². The maximum Gasteiger partial charge on any atom is 0.406 e. The molecule has 1 N–H and O–H groups in total. The van der Waals surface area contributed by atoms with E-state index in [1.807, 2.05) is 0 Å². The fourth-order valence-corrected chi connectivity index (χ4v) is 1.47. The molecule has 0 spiro atoms. The minimum absolute atomic E-state index is 0.0343. The van der Waals surface area contributed by atoms with Crippen LogP contribution in [0.1, 0.15) is 6.42 Å². The van der Waals surface area contributed by atoms with Gasteiger partial charge in [-0.05, 0) is 0 Å². The predicted octanol–water partition coefficient (Wildman–Crippen LogP) is 0.386. The van der Waals surface area contributed by atoms with E-state index in [2.05, 4.69) is 5.32 Å². The van der Waals surface area contributed by atoms with E-state index in [9.17, 15) is 18.0 Å². The first kappa shape index (κ1) is 13.2. The van der Waals surface area contributed by atoms with E-state index in [1.165, 1.54) is 0 Å². The molecule has 1 amide bonds. The van der Waals surface area contributed by atoms with Crippen molar-refractivity contribution >= 4 is 5.91 Å². The molecule has 1 rings (SSSR count). The van der Waals surface area contributed by atoms with Crippen LogP contribution in [-0.2, 0) is 9.53 Å². The van der Waals surface area contributed by atoms with Crippen LogP contribution in [-0.4, -0.2) is 56.4 Å². The highest BCUT2D eigenvalue weighted by molar-refractivity contribution is 5.76. The van der Waals surface area contributed by atoms with Crippen molar-refractivity contribution in [3.8, 4) is 0 Å². The Morgan fingerprint density at radius 3 is 2.75 bits per heavy atom. The lowest BCUT2D eigenvalue weighted by Gasteiger charge is -2.26.